The van der Waals surface area contributed by atoms with Gasteiger partial charge in [-0.3, -0.25) is 0 Å². The predicted octanol–water partition coefficient (Wildman–Crippen LogP) is 5.66. The van der Waals surface area contributed by atoms with Gasteiger partial charge >= 0.3 is 5.97 Å². The molecule has 0 fully saturated rings. The number of carbonyl (C=O) groups excluding carboxylic acids is 1. The van der Waals surface area contributed by atoms with Crippen molar-refractivity contribution in [2.24, 2.45) is 0 Å². The Morgan fingerprint density at radius 1 is 1.04 bits per heavy atom. The highest BCUT2D eigenvalue weighted by atomic mass is 35.5. The van der Waals surface area contributed by atoms with Crippen LogP contribution in [0.3, 0.4) is 0 Å². The normalized spacial score (nSPS) is 10.6. The van der Waals surface area contributed by atoms with Crippen LogP contribution in [0.5, 0.6) is 0 Å². The zero-order valence-corrected chi connectivity index (χ0v) is 14.4. The van der Waals surface area contributed by atoms with Crippen LogP contribution in [-0.2, 0) is 11.3 Å². The van der Waals surface area contributed by atoms with Crippen LogP contribution in [0.2, 0.25) is 15.1 Å². The summed E-state index contributed by atoms with van der Waals surface area (Å²) >= 11 is 17.9. The first kappa shape index (κ1) is 16.8. The predicted molar refractivity (Wildman–Crippen MR) is 92.5 cm³/mol. The van der Waals surface area contributed by atoms with Gasteiger partial charge in [-0.25, -0.2) is 4.79 Å². The lowest BCUT2D eigenvalue weighted by Crippen LogP contribution is -2.06. The summed E-state index contributed by atoms with van der Waals surface area (Å²) in [6.45, 7) is -0.0499. The van der Waals surface area contributed by atoms with Crippen molar-refractivity contribution in [1.82, 2.24) is 5.16 Å². The largest absolute Gasteiger partial charge is 0.455 e. The molecule has 0 aliphatic carbocycles. The molecule has 0 unspecified atom stereocenters. The van der Waals surface area contributed by atoms with Gasteiger partial charge in [-0.15, -0.1) is 0 Å². The van der Waals surface area contributed by atoms with E-state index in [9.17, 15) is 4.79 Å². The minimum atomic E-state index is -0.570. The van der Waals surface area contributed by atoms with Crippen LogP contribution >= 0.6 is 34.8 Å². The molecule has 0 saturated heterocycles. The summed E-state index contributed by atoms with van der Waals surface area (Å²) in [6, 6.07) is 13.4. The van der Waals surface area contributed by atoms with Crippen molar-refractivity contribution in [3.05, 3.63) is 74.9 Å². The molecule has 0 saturated carbocycles. The lowest BCUT2D eigenvalue weighted by atomic mass is 10.1. The Balaban J connectivity index is 1.69. The average molecular weight is 383 g/mol. The van der Waals surface area contributed by atoms with Crippen molar-refractivity contribution < 1.29 is 14.1 Å². The van der Waals surface area contributed by atoms with Gasteiger partial charge in [0, 0.05) is 16.7 Å². The monoisotopic (exact) mass is 381 g/mol. The number of aromatic nitrogens is 1. The van der Waals surface area contributed by atoms with Gasteiger partial charge in [0.2, 0.25) is 0 Å². The molecule has 0 aliphatic rings. The molecule has 0 aliphatic heterocycles. The van der Waals surface area contributed by atoms with Crippen LogP contribution in [0.25, 0.3) is 11.3 Å². The van der Waals surface area contributed by atoms with E-state index < -0.39 is 5.97 Å². The first-order valence-corrected chi connectivity index (χ1v) is 8.00. The van der Waals surface area contributed by atoms with E-state index in [1.807, 2.05) is 18.2 Å². The molecule has 1 aromatic heterocycles. The highest BCUT2D eigenvalue weighted by Crippen LogP contribution is 2.28. The van der Waals surface area contributed by atoms with E-state index in [-0.39, 0.29) is 17.2 Å². The van der Waals surface area contributed by atoms with Crippen LogP contribution in [0.1, 0.15) is 16.1 Å². The van der Waals surface area contributed by atoms with Crippen molar-refractivity contribution in [1.29, 1.82) is 0 Å². The first-order chi connectivity index (χ1) is 11.5. The lowest BCUT2D eigenvalue weighted by molar-refractivity contribution is 0.0464. The van der Waals surface area contributed by atoms with E-state index >= 15 is 0 Å². The Kier molecular flexibility index (Phi) is 5.09. The van der Waals surface area contributed by atoms with Gasteiger partial charge in [0.15, 0.2) is 5.76 Å². The van der Waals surface area contributed by atoms with Crippen molar-refractivity contribution >= 4 is 40.8 Å². The molecule has 0 atom stereocenters. The van der Waals surface area contributed by atoms with Gasteiger partial charge < -0.3 is 9.26 Å². The van der Waals surface area contributed by atoms with E-state index in [0.29, 0.717) is 27.1 Å². The maximum absolute atomic E-state index is 12.1. The first-order valence-electron chi connectivity index (χ1n) is 6.87. The summed E-state index contributed by atoms with van der Waals surface area (Å²) in [6.07, 6.45) is 0. The highest BCUT2D eigenvalue weighted by Gasteiger charge is 2.15. The van der Waals surface area contributed by atoms with Gasteiger partial charge in [-0.2, -0.15) is 0 Å². The molecule has 0 amide bonds. The Morgan fingerprint density at radius 3 is 2.58 bits per heavy atom. The summed E-state index contributed by atoms with van der Waals surface area (Å²) in [5.74, 6) is -0.0739. The fourth-order valence-corrected chi connectivity index (χ4v) is 2.75. The standard InChI is InChI=1S/C17H10Cl3NO3/c18-10-5-6-13(15(20)7-10)17(22)23-9-11-8-16(24-21-11)12-3-1-2-4-14(12)19/h1-8H,9H2. The van der Waals surface area contributed by atoms with Gasteiger partial charge in [0.1, 0.15) is 12.3 Å². The Morgan fingerprint density at radius 2 is 1.83 bits per heavy atom. The summed E-state index contributed by atoms with van der Waals surface area (Å²) in [4.78, 5) is 12.1. The molecular weight excluding hydrogens is 373 g/mol. The summed E-state index contributed by atoms with van der Waals surface area (Å²) in [5, 5.41) is 5.09. The molecule has 0 spiro atoms. The summed E-state index contributed by atoms with van der Waals surface area (Å²) < 4.78 is 10.4. The van der Waals surface area contributed by atoms with E-state index in [2.05, 4.69) is 5.16 Å². The minimum absolute atomic E-state index is 0.0499. The number of benzene rings is 2. The van der Waals surface area contributed by atoms with Crippen molar-refractivity contribution in [3.8, 4) is 11.3 Å². The third-order valence-corrected chi connectivity index (χ3v) is 4.08. The molecule has 0 bridgehead atoms. The number of carbonyl (C=O) groups is 1. The summed E-state index contributed by atoms with van der Waals surface area (Å²) in [7, 11) is 0. The number of esters is 1. The second-order valence-electron chi connectivity index (χ2n) is 4.86. The Labute approximate surface area is 152 Å². The second-order valence-corrected chi connectivity index (χ2v) is 6.11. The third kappa shape index (κ3) is 3.73. The zero-order valence-electron chi connectivity index (χ0n) is 12.1. The molecule has 7 heteroatoms. The molecule has 0 radical (unpaired) electrons. The maximum atomic E-state index is 12.1. The fourth-order valence-electron chi connectivity index (χ4n) is 2.04. The highest BCUT2D eigenvalue weighted by molar-refractivity contribution is 6.36. The quantitative estimate of drug-likeness (QED) is 0.546. The van der Waals surface area contributed by atoms with Crippen LogP contribution in [0.4, 0.5) is 0 Å². The van der Waals surface area contributed by atoms with E-state index in [1.54, 1.807) is 18.2 Å². The Hall–Kier alpha value is -2.01. The molecule has 24 heavy (non-hydrogen) atoms. The molecule has 3 rings (SSSR count). The van der Waals surface area contributed by atoms with Crippen molar-refractivity contribution in [3.63, 3.8) is 0 Å². The number of hydrogen-bond donors (Lipinski definition) is 0. The number of hydrogen-bond acceptors (Lipinski definition) is 4. The Bertz CT molecular complexity index is 892. The number of ether oxygens (including phenoxy) is 1. The van der Waals surface area contributed by atoms with Crippen LogP contribution in [-0.4, -0.2) is 11.1 Å². The van der Waals surface area contributed by atoms with Gasteiger partial charge in [0.25, 0.3) is 0 Å². The lowest BCUT2D eigenvalue weighted by Gasteiger charge is -2.04. The average Bonchev–Trinajstić information content (AvgIpc) is 3.02. The van der Waals surface area contributed by atoms with E-state index in [4.69, 9.17) is 44.1 Å². The maximum Gasteiger partial charge on any atom is 0.340 e. The summed E-state index contributed by atoms with van der Waals surface area (Å²) in [5.41, 5.74) is 1.41. The van der Waals surface area contributed by atoms with Crippen molar-refractivity contribution in [2.75, 3.05) is 0 Å². The topological polar surface area (TPSA) is 52.3 Å². The van der Waals surface area contributed by atoms with Gasteiger partial charge in [0.05, 0.1) is 15.6 Å². The minimum Gasteiger partial charge on any atom is -0.455 e. The third-order valence-electron chi connectivity index (χ3n) is 3.20. The molecule has 2 aromatic carbocycles. The second kappa shape index (κ2) is 7.26. The fraction of sp³-hybridized carbons (Fsp3) is 0.0588. The zero-order chi connectivity index (χ0) is 17.1. The molecule has 4 nitrogen and oxygen atoms in total. The van der Waals surface area contributed by atoms with Crippen LogP contribution in [0.15, 0.2) is 53.1 Å². The molecule has 0 N–H and O–H groups in total. The molecule has 1 heterocycles. The molecule has 3 aromatic rings. The smallest absolute Gasteiger partial charge is 0.340 e. The van der Waals surface area contributed by atoms with E-state index in [0.717, 1.165) is 0 Å². The van der Waals surface area contributed by atoms with Gasteiger partial charge in [-0.05, 0) is 30.3 Å². The van der Waals surface area contributed by atoms with E-state index in [1.165, 1.54) is 12.1 Å². The number of nitrogens with zero attached hydrogens (tertiary/aromatic N) is 1. The molecule has 122 valence electrons. The molecular formula is C17H10Cl3NO3. The van der Waals surface area contributed by atoms with Crippen LogP contribution in [0, 0.1) is 0 Å². The van der Waals surface area contributed by atoms with Crippen LogP contribution < -0.4 is 0 Å². The van der Waals surface area contributed by atoms with Crippen molar-refractivity contribution in [2.45, 2.75) is 6.61 Å². The SMILES string of the molecule is O=C(OCc1cc(-c2ccccc2Cl)on1)c1ccc(Cl)cc1Cl. The number of halogens is 3. The number of rotatable bonds is 4. The van der Waals surface area contributed by atoms with Gasteiger partial charge in [-0.1, -0.05) is 52.1 Å².